The molecular weight excluding hydrogens is 535 g/mol. The van der Waals surface area contributed by atoms with Crippen LogP contribution in [0.2, 0.25) is 10.0 Å². The van der Waals surface area contributed by atoms with Gasteiger partial charge in [0.1, 0.15) is 17.2 Å². The number of aliphatic hydroxyl groups is 1. The average molecular weight is 572 g/mol. The van der Waals surface area contributed by atoms with Crippen molar-refractivity contribution in [3.8, 4) is 6.07 Å². The molecule has 0 spiro atoms. The molecule has 1 aliphatic heterocycles. The Labute approximate surface area is 240 Å². The van der Waals surface area contributed by atoms with Crippen LogP contribution in [0.5, 0.6) is 0 Å². The summed E-state index contributed by atoms with van der Waals surface area (Å²) in [6.45, 7) is 12.6. The fourth-order valence-electron chi connectivity index (χ4n) is 5.43. The molecule has 5 rings (SSSR count). The van der Waals surface area contributed by atoms with E-state index in [-0.39, 0.29) is 11.7 Å². The number of aromatic nitrogens is 4. The molecule has 10 heteroatoms. The molecule has 1 fully saturated rings. The number of ether oxygens (including phenoxy) is 1. The smallest absolute Gasteiger partial charge is 0.190 e. The van der Waals surface area contributed by atoms with E-state index in [0.29, 0.717) is 52.9 Å². The van der Waals surface area contributed by atoms with E-state index in [2.05, 4.69) is 41.0 Å². The van der Waals surface area contributed by atoms with Crippen molar-refractivity contribution >= 4 is 39.9 Å². The molecule has 0 radical (unpaired) electrons. The highest BCUT2D eigenvalue weighted by molar-refractivity contribution is 6.35. The molecule has 3 unspecified atom stereocenters. The molecule has 1 saturated heterocycles. The van der Waals surface area contributed by atoms with Gasteiger partial charge < -0.3 is 9.84 Å². The first kappa shape index (κ1) is 29.4. The maximum atomic E-state index is 10.6. The number of hydrogen-bond donors (Lipinski definition) is 1. The fourth-order valence-corrected chi connectivity index (χ4v) is 6.00. The quantitative estimate of drug-likeness (QED) is 0.377. The third kappa shape index (κ3) is 5.98. The molecule has 2 aromatic heterocycles. The fraction of sp³-hybridized carbons (Fsp3) is 0.517. The molecule has 1 aliphatic carbocycles. The van der Waals surface area contributed by atoms with Crippen LogP contribution in [-0.4, -0.2) is 67.7 Å². The minimum atomic E-state index is -0.739. The number of likely N-dealkylation sites (N-methyl/N-ethyl adjacent to an activating group) is 1. The van der Waals surface area contributed by atoms with E-state index in [4.69, 9.17) is 32.9 Å². The van der Waals surface area contributed by atoms with Gasteiger partial charge in [-0.3, -0.25) is 4.90 Å². The van der Waals surface area contributed by atoms with Crippen LogP contribution in [0.1, 0.15) is 70.5 Å². The topological polar surface area (TPSA) is 100 Å². The number of halogens is 2. The number of fused-ring (bicyclic) bond motifs is 1. The van der Waals surface area contributed by atoms with E-state index in [9.17, 15) is 10.4 Å². The van der Waals surface area contributed by atoms with Crippen molar-refractivity contribution < 1.29 is 9.84 Å². The van der Waals surface area contributed by atoms with Crippen molar-refractivity contribution in [2.24, 2.45) is 5.92 Å². The third-order valence-electron chi connectivity index (χ3n) is 7.54. The molecule has 0 bridgehead atoms. The zero-order valence-electron chi connectivity index (χ0n) is 23.2. The number of allylic oxidation sites excluding steroid dienone is 1. The van der Waals surface area contributed by atoms with E-state index in [1.54, 1.807) is 23.0 Å². The summed E-state index contributed by atoms with van der Waals surface area (Å²) in [5, 5.41) is 25.9. The number of rotatable bonds is 7. The minimum absolute atomic E-state index is 0.230. The van der Waals surface area contributed by atoms with Gasteiger partial charge >= 0.3 is 0 Å². The summed E-state index contributed by atoms with van der Waals surface area (Å²) in [4.78, 5) is 11.9. The van der Waals surface area contributed by atoms with Gasteiger partial charge in [-0.15, -0.1) is 0 Å². The van der Waals surface area contributed by atoms with E-state index >= 15 is 0 Å². The van der Waals surface area contributed by atoms with E-state index in [0.717, 1.165) is 36.2 Å². The van der Waals surface area contributed by atoms with Crippen molar-refractivity contribution in [3.05, 3.63) is 57.5 Å². The average Bonchev–Trinajstić information content (AvgIpc) is 3.30. The highest BCUT2D eigenvalue weighted by Crippen LogP contribution is 2.35. The molecule has 2 aliphatic rings. The van der Waals surface area contributed by atoms with Crippen LogP contribution in [0.25, 0.3) is 16.7 Å². The lowest BCUT2D eigenvalue weighted by Crippen LogP contribution is -2.59. The summed E-state index contributed by atoms with van der Waals surface area (Å²) >= 11 is 12.6. The van der Waals surface area contributed by atoms with Gasteiger partial charge in [-0.2, -0.15) is 10.4 Å². The van der Waals surface area contributed by atoms with Gasteiger partial charge in [-0.1, -0.05) is 63.0 Å². The van der Waals surface area contributed by atoms with Crippen LogP contribution in [-0.2, 0) is 4.74 Å². The third-order valence-corrected chi connectivity index (χ3v) is 8.10. The van der Waals surface area contributed by atoms with Crippen molar-refractivity contribution in [2.75, 3.05) is 26.3 Å². The van der Waals surface area contributed by atoms with Gasteiger partial charge in [0.05, 0.1) is 31.1 Å². The van der Waals surface area contributed by atoms with Crippen LogP contribution in [0.15, 0.2) is 30.5 Å². The Morgan fingerprint density at radius 2 is 2.05 bits per heavy atom. The van der Waals surface area contributed by atoms with E-state index < -0.39 is 5.60 Å². The van der Waals surface area contributed by atoms with Gasteiger partial charge in [0.15, 0.2) is 11.3 Å². The zero-order valence-corrected chi connectivity index (χ0v) is 24.7. The Morgan fingerprint density at radius 1 is 1.31 bits per heavy atom. The molecular formula is C29H36Cl2N6O2. The first-order valence-electron chi connectivity index (χ1n) is 13.6. The van der Waals surface area contributed by atoms with Gasteiger partial charge in [-0.05, 0) is 55.5 Å². The zero-order chi connectivity index (χ0) is 28.3. The number of benzene rings is 1. The second kappa shape index (κ2) is 12.3. The van der Waals surface area contributed by atoms with Crippen LogP contribution in [0.4, 0.5) is 0 Å². The molecule has 8 nitrogen and oxygen atoms in total. The van der Waals surface area contributed by atoms with Gasteiger partial charge in [-0.25, -0.2) is 14.6 Å². The highest BCUT2D eigenvalue weighted by Gasteiger charge is 2.40. The van der Waals surface area contributed by atoms with Crippen molar-refractivity contribution in [3.63, 3.8) is 0 Å². The minimum Gasteiger partial charge on any atom is -0.384 e. The Kier molecular flexibility index (Phi) is 9.30. The molecule has 39 heavy (non-hydrogen) atoms. The molecule has 1 N–H and O–H groups in total. The van der Waals surface area contributed by atoms with E-state index in [1.165, 1.54) is 0 Å². The first-order valence-corrected chi connectivity index (χ1v) is 14.3. The summed E-state index contributed by atoms with van der Waals surface area (Å²) in [5.74, 6) is 0.369. The van der Waals surface area contributed by atoms with Gasteiger partial charge in [0, 0.05) is 22.6 Å². The Bertz CT molecular complexity index is 1390. The van der Waals surface area contributed by atoms with Crippen molar-refractivity contribution in [1.82, 2.24) is 24.6 Å². The second-order valence-electron chi connectivity index (χ2n) is 10.2. The lowest BCUT2D eigenvalue weighted by molar-refractivity contribution is -0.190. The first-order chi connectivity index (χ1) is 18.7. The summed E-state index contributed by atoms with van der Waals surface area (Å²) in [6.07, 6.45) is 5.67. The van der Waals surface area contributed by atoms with Crippen molar-refractivity contribution in [1.29, 1.82) is 5.26 Å². The molecule has 3 atom stereocenters. The molecule has 1 aromatic carbocycles. The molecule has 208 valence electrons. The van der Waals surface area contributed by atoms with Crippen LogP contribution in [0.3, 0.4) is 0 Å². The predicted molar refractivity (Wildman–Crippen MR) is 155 cm³/mol. The molecule has 3 aromatic rings. The van der Waals surface area contributed by atoms with Gasteiger partial charge in [0.25, 0.3) is 0 Å². The number of hydrogen-bond acceptors (Lipinski definition) is 7. The number of nitriles is 1. The van der Waals surface area contributed by atoms with Gasteiger partial charge in [0.2, 0.25) is 0 Å². The summed E-state index contributed by atoms with van der Waals surface area (Å²) < 4.78 is 6.96. The van der Waals surface area contributed by atoms with E-state index in [1.807, 2.05) is 26.8 Å². The SMILES string of the molecule is CC.CCN(CC1(O)COC1)C1CC=C(c2cnc3c(C#N)nn(C(C)c4ccc(Cl)cc4Cl)c3n2)CC1C. The summed E-state index contributed by atoms with van der Waals surface area (Å²) in [6, 6.07) is 7.55. The maximum Gasteiger partial charge on any atom is 0.190 e. The Morgan fingerprint density at radius 3 is 2.64 bits per heavy atom. The standard InChI is InChI=1S/C27H30Cl2N6O2.C2H6/c1-4-34(13-27(36)14-37-15-27)24-8-5-18(9-16(24)2)23-12-31-25-22(11-30)33-35(26(25)32-23)17(3)20-7-6-19(28)10-21(20)29;1-2/h5-7,10,12,16-17,24,36H,4,8-9,13-15H2,1-3H3;1-2H3. The lowest BCUT2D eigenvalue weighted by Gasteiger charge is -2.44. The second-order valence-corrected chi connectivity index (χ2v) is 11.0. The van der Waals surface area contributed by atoms with Crippen molar-refractivity contribution in [2.45, 2.75) is 65.1 Å². The summed E-state index contributed by atoms with van der Waals surface area (Å²) in [7, 11) is 0. The highest BCUT2D eigenvalue weighted by atomic mass is 35.5. The van der Waals surface area contributed by atoms with Crippen LogP contribution in [0, 0.1) is 17.2 Å². The molecule has 3 heterocycles. The Balaban J connectivity index is 0.00000172. The summed E-state index contributed by atoms with van der Waals surface area (Å²) in [5.41, 5.74) is 3.25. The Hall–Kier alpha value is -2.54. The monoisotopic (exact) mass is 570 g/mol. The maximum absolute atomic E-state index is 10.6. The van der Waals surface area contributed by atoms with Crippen LogP contribution < -0.4 is 0 Å². The predicted octanol–water partition coefficient (Wildman–Crippen LogP) is 5.91. The largest absolute Gasteiger partial charge is 0.384 e. The molecule has 0 saturated carbocycles. The normalized spacial score (nSPS) is 21.0. The van der Waals surface area contributed by atoms with Crippen LogP contribution >= 0.6 is 23.2 Å². The number of nitrogens with zero attached hydrogens (tertiary/aromatic N) is 6. The molecule has 0 amide bonds. The lowest BCUT2D eigenvalue weighted by atomic mass is 9.83.